The number of nitrogens with zero attached hydrogens (tertiary/aromatic N) is 2. The first-order chi connectivity index (χ1) is 15.3. The van der Waals surface area contributed by atoms with E-state index in [-0.39, 0.29) is 29.0 Å². The third kappa shape index (κ3) is 4.42. The van der Waals surface area contributed by atoms with E-state index in [0.29, 0.717) is 18.8 Å². The van der Waals surface area contributed by atoms with Gasteiger partial charge in [0.05, 0.1) is 16.3 Å². The van der Waals surface area contributed by atoms with E-state index in [1.807, 2.05) is 32.0 Å². The summed E-state index contributed by atoms with van der Waals surface area (Å²) in [7, 11) is -3.62. The zero-order valence-electron chi connectivity index (χ0n) is 18.3. The number of rotatable bonds is 6. The van der Waals surface area contributed by atoms with Crippen LogP contribution in [0.2, 0.25) is 0 Å². The fourth-order valence-electron chi connectivity index (χ4n) is 4.12. The van der Waals surface area contributed by atoms with Crippen LogP contribution in [0.1, 0.15) is 30.9 Å². The molecule has 2 amide bonds. The Morgan fingerprint density at radius 1 is 1.16 bits per heavy atom. The molecule has 2 aliphatic rings. The summed E-state index contributed by atoms with van der Waals surface area (Å²) in [4.78, 5) is 28.0. The molecule has 170 valence electrons. The highest BCUT2D eigenvalue weighted by Crippen LogP contribution is 2.37. The van der Waals surface area contributed by atoms with Crippen molar-refractivity contribution in [3.8, 4) is 0 Å². The van der Waals surface area contributed by atoms with Crippen molar-refractivity contribution in [2.75, 3.05) is 35.6 Å². The number of carbonyl (C=O) groups excluding carboxylic acids is 2. The summed E-state index contributed by atoms with van der Waals surface area (Å²) in [6, 6.07) is 10.7. The van der Waals surface area contributed by atoms with Gasteiger partial charge in [-0.1, -0.05) is 25.1 Å². The zero-order valence-corrected chi connectivity index (χ0v) is 19.9. The number of sulfonamides is 1. The Hall–Kier alpha value is -2.36. The Labute approximate surface area is 193 Å². The number of nitrogens with one attached hydrogen (secondary N) is 1. The molecule has 0 atom stereocenters. The highest BCUT2D eigenvalue weighted by Gasteiger charge is 2.31. The SMILES string of the molecule is CCc1cccc(C)c1NC(=O)CN1C(=O)CSc2ccc(S(=O)(=O)N3CCCC3)cc21. The maximum atomic E-state index is 13.0. The minimum absolute atomic E-state index is 0.158. The third-order valence-electron chi connectivity index (χ3n) is 5.88. The summed E-state index contributed by atoms with van der Waals surface area (Å²) >= 11 is 1.36. The molecule has 0 unspecified atom stereocenters. The van der Waals surface area contributed by atoms with E-state index in [9.17, 15) is 18.0 Å². The number of benzene rings is 2. The van der Waals surface area contributed by atoms with Crippen molar-refractivity contribution in [3.05, 3.63) is 47.5 Å². The molecule has 32 heavy (non-hydrogen) atoms. The Morgan fingerprint density at radius 3 is 2.62 bits per heavy atom. The van der Waals surface area contributed by atoms with Gasteiger partial charge in [0.2, 0.25) is 21.8 Å². The van der Waals surface area contributed by atoms with Gasteiger partial charge in [-0.15, -0.1) is 11.8 Å². The average Bonchev–Trinajstić information content (AvgIpc) is 3.33. The van der Waals surface area contributed by atoms with Crippen LogP contribution in [0.25, 0.3) is 0 Å². The van der Waals surface area contributed by atoms with Gasteiger partial charge in [-0.2, -0.15) is 4.31 Å². The minimum atomic E-state index is -3.62. The number of thioether (sulfide) groups is 1. The Bertz CT molecular complexity index is 1160. The first-order valence-electron chi connectivity index (χ1n) is 10.8. The summed E-state index contributed by atoms with van der Waals surface area (Å²) in [5, 5.41) is 2.95. The first-order valence-corrected chi connectivity index (χ1v) is 13.2. The molecule has 1 saturated heterocycles. The molecule has 0 spiro atoms. The standard InChI is InChI=1S/C23H27N3O4S2/c1-3-17-8-6-7-16(2)23(17)24-21(27)14-26-19-13-18(9-10-20(19)31-15-22(26)28)32(29,30)25-11-4-5-12-25/h6-10,13H,3-5,11-12,14-15H2,1-2H3,(H,24,27). The van der Waals surface area contributed by atoms with Gasteiger partial charge >= 0.3 is 0 Å². The molecular formula is C23H27N3O4S2. The molecule has 2 aliphatic heterocycles. The Kier molecular flexibility index (Phi) is 6.60. The average molecular weight is 474 g/mol. The van der Waals surface area contributed by atoms with Crippen LogP contribution < -0.4 is 10.2 Å². The Balaban J connectivity index is 1.61. The molecule has 1 fully saturated rings. The smallest absolute Gasteiger partial charge is 0.244 e. The van der Waals surface area contributed by atoms with E-state index in [1.165, 1.54) is 27.0 Å². The van der Waals surface area contributed by atoms with E-state index in [0.717, 1.165) is 41.0 Å². The van der Waals surface area contributed by atoms with Crippen LogP contribution in [-0.2, 0) is 26.0 Å². The van der Waals surface area contributed by atoms with E-state index in [2.05, 4.69) is 5.32 Å². The van der Waals surface area contributed by atoms with Gasteiger partial charge in [0.1, 0.15) is 6.54 Å². The zero-order chi connectivity index (χ0) is 22.9. The van der Waals surface area contributed by atoms with Crippen LogP contribution >= 0.6 is 11.8 Å². The maximum Gasteiger partial charge on any atom is 0.244 e. The molecule has 9 heteroatoms. The topological polar surface area (TPSA) is 86.8 Å². The predicted octanol–water partition coefficient (Wildman–Crippen LogP) is 3.42. The van der Waals surface area contributed by atoms with Crippen molar-refractivity contribution >= 4 is 45.0 Å². The lowest BCUT2D eigenvalue weighted by molar-refractivity contribution is -0.120. The number of hydrogen-bond acceptors (Lipinski definition) is 5. The van der Waals surface area contributed by atoms with Crippen molar-refractivity contribution in [3.63, 3.8) is 0 Å². The molecule has 0 aliphatic carbocycles. The van der Waals surface area contributed by atoms with Gasteiger partial charge in [0, 0.05) is 23.7 Å². The lowest BCUT2D eigenvalue weighted by Crippen LogP contribution is -2.41. The number of amides is 2. The second kappa shape index (κ2) is 9.25. The second-order valence-corrected chi connectivity index (χ2v) is 11.0. The van der Waals surface area contributed by atoms with Gasteiger partial charge in [-0.05, 0) is 55.5 Å². The van der Waals surface area contributed by atoms with Gasteiger partial charge in [0.15, 0.2) is 0 Å². The highest BCUT2D eigenvalue weighted by atomic mass is 32.2. The molecule has 0 radical (unpaired) electrons. The number of para-hydroxylation sites is 1. The van der Waals surface area contributed by atoms with E-state index in [1.54, 1.807) is 12.1 Å². The number of hydrogen-bond donors (Lipinski definition) is 1. The van der Waals surface area contributed by atoms with Gasteiger partial charge in [-0.25, -0.2) is 8.42 Å². The second-order valence-electron chi connectivity index (χ2n) is 8.02. The lowest BCUT2D eigenvalue weighted by Gasteiger charge is -2.29. The molecule has 1 N–H and O–H groups in total. The lowest BCUT2D eigenvalue weighted by atomic mass is 10.1. The van der Waals surface area contributed by atoms with Crippen LogP contribution in [-0.4, -0.2) is 49.9 Å². The van der Waals surface area contributed by atoms with Crippen molar-refractivity contribution in [2.24, 2.45) is 0 Å². The Morgan fingerprint density at radius 2 is 1.91 bits per heavy atom. The van der Waals surface area contributed by atoms with Gasteiger partial charge < -0.3 is 10.2 Å². The molecule has 2 heterocycles. The van der Waals surface area contributed by atoms with Crippen molar-refractivity contribution in [1.29, 1.82) is 0 Å². The molecule has 7 nitrogen and oxygen atoms in total. The molecule has 4 rings (SSSR count). The van der Waals surface area contributed by atoms with E-state index >= 15 is 0 Å². The fourth-order valence-corrected chi connectivity index (χ4v) is 6.57. The molecular weight excluding hydrogens is 446 g/mol. The summed E-state index contributed by atoms with van der Waals surface area (Å²) < 4.78 is 27.5. The normalized spacial score (nSPS) is 16.8. The van der Waals surface area contributed by atoms with Crippen LogP contribution in [0.3, 0.4) is 0 Å². The molecule has 0 bridgehead atoms. The fraction of sp³-hybridized carbons (Fsp3) is 0.391. The minimum Gasteiger partial charge on any atom is -0.324 e. The summed E-state index contributed by atoms with van der Waals surface area (Å²) in [5.41, 5.74) is 3.22. The van der Waals surface area contributed by atoms with Crippen LogP contribution in [0, 0.1) is 6.92 Å². The van der Waals surface area contributed by atoms with Crippen molar-refractivity contribution in [1.82, 2.24) is 4.31 Å². The highest BCUT2D eigenvalue weighted by molar-refractivity contribution is 8.00. The third-order valence-corrected chi connectivity index (χ3v) is 8.82. The predicted molar refractivity (Wildman–Crippen MR) is 127 cm³/mol. The largest absolute Gasteiger partial charge is 0.324 e. The van der Waals surface area contributed by atoms with Crippen LogP contribution in [0.4, 0.5) is 11.4 Å². The summed E-state index contributed by atoms with van der Waals surface area (Å²) in [5.74, 6) is -0.315. The number of fused-ring (bicyclic) bond motifs is 1. The number of aryl methyl sites for hydroxylation is 2. The molecule has 2 aromatic carbocycles. The maximum absolute atomic E-state index is 13.0. The molecule has 0 aromatic heterocycles. The van der Waals surface area contributed by atoms with Crippen molar-refractivity contribution in [2.45, 2.75) is 42.9 Å². The van der Waals surface area contributed by atoms with Crippen molar-refractivity contribution < 1.29 is 18.0 Å². The van der Waals surface area contributed by atoms with Gasteiger partial charge in [0.25, 0.3) is 0 Å². The van der Waals surface area contributed by atoms with Gasteiger partial charge in [-0.3, -0.25) is 9.59 Å². The number of anilines is 2. The quantitative estimate of drug-likeness (QED) is 0.695. The number of carbonyl (C=O) groups is 2. The molecule has 2 aromatic rings. The van der Waals surface area contributed by atoms with E-state index in [4.69, 9.17) is 0 Å². The molecule has 0 saturated carbocycles. The summed E-state index contributed by atoms with van der Waals surface area (Å²) in [6.45, 7) is 4.80. The first kappa shape index (κ1) is 22.8. The van der Waals surface area contributed by atoms with Crippen LogP contribution in [0.15, 0.2) is 46.2 Å². The van der Waals surface area contributed by atoms with E-state index < -0.39 is 10.0 Å². The monoisotopic (exact) mass is 473 g/mol. The van der Waals surface area contributed by atoms with Crippen LogP contribution in [0.5, 0.6) is 0 Å². The summed E-state index contributed by atoms with van der Waals surface area (Å²) in [6.07, 6.45) is 2.48.